The van der Waals surface area contributed by atoms with Gasteiger partial charge in [-0.25, -0.2) is 15.0 Å². The first kappa shape index (κ1) is 22.0. The molecule has 0 spiro atoms. The highest BCUT2D eigenvalue weighted by Crippen LogP contribution is 2.34. The maximum Gasteiger partial charge on any atom is 0.164 e. The van der Waals surface area contributed by atoms with Crippen LogP contribution in [0.1, 0.15) is 0 Å². The third kappa shape index (κ3) is 3.98. The average molecular weight is 487 g/mol. The molecule has 178 valence electrons. The van der Waals surface area contributed by atoms with Crippen LogP contribution in [0.15, 0.2) is 134 Å². The van der Waals surface area contributed by atoms with Crippen molar-refractivity contribution >= 4 is 21.7 Å². The molecule has 4 nitrogen and oxygen atoms in total. The topological polar surface area (TPSA) is 51.6 Å². The van der Waals surface area contributed by atoms with E-state index in [9.17, 15) is 0 Å². The van der Waals surface area contributed by atoms with Crippen LogP contribution in [0.2, 0.25) is 0 Å². The summed E-state index contributed by atoms with van der Waals surface area (Å²) in [4.78, 5) is 19.3. The third-order valence-corrected chi connectivity index (χ3v) is 6.76. The van der Waals surface area contributed by atoms with Gasteiger partial charge in [-0.1, -0.05) is 115 Å². The molecule has 7 rings (SSSR count). The van der Waals surface area contributed by atoms with Gasteiger partial charge in [0.2, 0.25) is 0 Å². The van der Waals surface area contributed by atoms with Gasteiger partial charge < -0.3 is 0 Å². The fraction of sp³-hybridized carbons (Fsp3) is 0. The number of pyridine rings is 1. The molecule has 0 saturated carbocycles. The minimum atomic E-state index is 0.645. The number of hydrogen-bond donors (Lipinski definition) is 0. The van der Waals surface area contributed by atoms with Crippen molar-refractivity contribution in [2.24, 2.45) is 0 Å². The second-order valence-corrected chi connectivity index (χ2v) is 9.16. The van der Waals surface area contributed by atoms with Gasteiger partial charge >= 0.3 is 0 Å². The van der Waals surface area contributed by atoms with Gasteiger partial charge in [-0.3, -0.25) is 4.98 Å². The molecule has 2 heterocycles. The Morgan fingerprint density at radius 3 is 1.71 bits per heavy atom. The molecule has 4 heteroatoms. The van der Waals surface area contributed by atoms with Crippen molar-refractivity contribution in [3.8, 4) is 45.3 Å². The molecular formula is C34H22N4. The molecule has 5 aromatic carbocycles. The van der Waals surface area contributed by atoms with Crippen molar-refractivity contribution < 1.29 is 0 Å². The van der Waals surface area contributed by atoms with Crippen molar-refractivity contribution in [3.05, 3.63) is 134 Å². The van der Waals surface area contributed by atoms with E-state index in [1.165, 1.54) is 5.39 Å². The van der Waals surface area contributed by atoms with Gasteiger partial charge in [-0.15, -0.1) is 0 Å². The van der Waals surface area contributed by atoms with Crippen LogP contribution in [0.5, 0.6) is 0 Å². The van der Waals surface area contributed by atoms with Gasteiger partial charge in [0.15, 0.2) is 17.5 Å². The Morgan fingerprint density at radius 2 is 1.00 bits per heavy atom. The predicted octanol–water partition coefficient (Wildman–Crippen LogP) is 8.24. The molecular weight excluding hydrogens is 464 g/mol. The van der Waals surface area contributed by atoms with E-state index < -0.39 is 0 Å². The molecule has 0 aliphatic heterocycles. The number of fused-ring (bicyclic) bond motifs is 3. The molecule has 0 unspecified atom stereocenters. The molecule has 0 radical (unpaired) electrons. The Bertz CT molecular complexity index is 1860. The Labute approximate surface area is 220 Å². The van der Waals surface area contributed by atoms with Crippen molar-refractivity contribution in [3.63, 3.8) is 0 Å². The van der Waals surface area contributed by atoms with Crippen molar-refractivity contribution in [1.82, 2.24) is 19.9 Å². The largest absolute Gasteiger partial charge is 0.256 e. The van der Waals surface area contributed by atoms with Gasteiger partial charge in [-0.2, -0.15) is 0 Å². The Kier molecular flexibility index (Phi) is 5.41. The van der Waals surface area contributed by atoms with E-state index in [4.69, 9.17) is 15.0 Å². The van der Waals surface area contributed by atoms with E-state index in [1.54, 1.807) is 0 Å². The summed E-state index contributed by atoms with van der Waals surface area (Å²) in [6, 6.07) is 43.3. The smallest absolute Gasteiger partial charge is 0.164 e. The predicted molar refractivity (Wildman–Crippen MR) is 154 cm³/mol. The molecule has 0 saturated heterocycles. The molecule has 0 fully saturated rings. The maximum atomic E-state index is 4.91. The molecule has 2 aromatic heterocycles. The van der Waals surface area contributed by atoms with Crippen LogP contribution in [0.3, 0.4) is 0 Å². The molecule has 0 amide bonds. The van der Waals surface area contributed by atoms with E-state index in [0.29, 0.717) is 17.5 Å². The molecule has 0 aliphatic rings. The molecule has 0 N–H and O–H groups in total. The minimum Gasteiger partial charge on any atom is -0.256 e. The second-order valence-electron chi connectivity index (χ2n) is 9.16. The summed E-state index contributed by atoms with van der Waals surface area (Å²) < 4.78 is 0. The Hall–Kier alpha value is -5.22. The van der Waals surface area contributed by atoms with Gasteiger partial charge in [0, 0.05) is 33.7 Å². The molecule has 38 heavy (non-hydrogen) atoms. The van der Waals surface area contributed by atoms with Gasteiger partial charge in [0.05, 0.1) is 5.52 Å². The summed E-state index contributed by atoms with van der Waals surface area (Å²) in [5.74, 6) is 1.96. The maximum absolute atomic E-state index is 4.91. The zero-order valence-electron chi connectivity index (χ0n) is 20.5. The Morgan fingerprint density at radius 1 is 0.395 bits per heavy atom. The van der Waals surface area contributed by atoms with Crippen LogP contribution in [0.25, 0.3) is 67.0 Å². The lowest BCUT2D eigenvalue weighted by Crippen LogP contribution is -2.00. The number of hydrogen-bond acceptors (Lipinski definition) is 4. The SMILES string of the molecule is c1ccc(-c2nc(-c3ccccc3)nc(-c3cccc(-c4cccc5c4ccc4cccnc45)c3)n2)cc1. The molecule has 0 bridgehead atoms. The van der Waals surface area contributed by atoms with Crippen LogP contribution in [-0.4, -0.2) is 19.9 Å². The lowest BCUT2D eigenvalue weighted by Gasteiger charge is -2.11. The summed E-state index contributed by atoms with van der Waals surface area (Å²) in [5.41, 5.74) is 6.12. The molecule has 0 atom stereocenters. The van der Waals surface area contributed by atoms with Crippen LogP contribution in [0, 0.1) is 0 Å². The lowest BCUT2D eigenvalue weighted by molar-refractivity contribution is 1.07. The first-order valence-corrected chi connectivity index (χ1v) is 12.6. The zero-order chi connectivity index (χ0) is 25.3. The third-order valence-electron chi connectivity index (χ3n) is 6.76. The van der Waals surface area contributed by atoms with Gasteiger partial charge in [0.1, 0.15) is 0 Å². The summed E-state index contributed by atoms with van der Waals surface area (Å²) in [5, 5.41) is 3.45. The number of benzene rings is 5. The number of aromatic nitrogens is 4. The molecule has 7 aromatic rings. The second kappa shape index (κ2) is 9.34. The first-order chi connectivity index (χ1) is 18.8. The molecule has 0 aliphatic carbocycles. The minimum absolute atomic E-state index is 0.645. The number of nitrogens with zero attached hydrogens (tertiary/aromatic N) is 4. The number of rotatable bonds is 4. The fourth-order valence-electron chi connectivity index (χ4n) is 4.92. The van der Waals surface area contributed by atoms with Crippen LogP contribution in [0.4, 0.5) is 0 Å². The van der Waals surface area contributed by atoms with Crippen LogP contribution < -0.4 is 0 Å². The van der Waals surface area contributed by atoms with Crippen LogP contribution >= 0.6 is 0 Å². The summed E-state index contributed by atoms with van der Waals surface area (Å²) in [6.45, 7) is 0. The zero-order valence-corrected chi connectivity index (χ0v) is 20.5. The normalized spacial score (nSPS) is 11.2. The highest BCUT2D eigenvalue weighted by atomic mass is 15.0. The van der Waals surface area contributed by atoms with Crippen LogP contribution in [-0.2, 0) is 0 Å². The van der Waals surface area contributed by atoms with Crippen molar-refractivity contribution in [2.45, 2.75) is 0 Å². The van der Waals surface area contributed by atoms with E-state index in [0.717, 1.165) is 44.1 Å². The monoisotopic (exact) mass is 486 g/mol. The highest BCUT2D eigenvalue weighted by Gasteiger charge is 2.14. The highest BCUT2D eigenvalue weighted by molar-refractivity contribution is 6.10. The van der Waals surface area contributed by atoms with E-state index in [-0.39, 0.29) is 0 Å². The van der Waals surface area contributed by atoms with E-state index in [2.05, 4.69) is 65.6 Å². The van der Waals surface area contributed by atoms with Gasteiger partial charge in [-0.05, 0) is 28.6 Å². The van der Waals surface area contributed by atoms with Crippen molar-refractivity contribution in [1.29, 1.82) is 0 Å². The van der Waals surface area contributed by atoms with E-state index >= 15 is 0 Å². The summed E-state index contributed by atoms with van der Waals surface area (Å²) >= 11 is 0. The lowest BCUT2D eigenvalue weighted by atomic mass is 9.95. The van der Waals surface area contributed by atoms with Crippen molar-refractivity contribution in [2.75, 3.05) is 0 Å². The fourth-order valence-corrected chi connectivity index (χ4v) is 4.92. The standard InChI is InChI=1S/C34H22N4/c1-3-10-24(11-4-1)32-36-33(25-12-5-2-6-13-25)38-34(37-32)27-15-7-14-26(22-27)28-17-8-18-30-29(28)20-19-23-16-9-21-35-31(23)30/h1-22H. The quantitative estimate of drug-likeness (QED) is 0.235. The van der Waals surface area contributed by atoms with Gasteiger partial charge in [0.25, 0.3) is 0 Å². The first-order valence-electron chi connectivity index (χ1n) is 12.6. The summed E-state index contributed by atoms with van der Waals surface area (Å²) in [7, 11) is 0. The summed E-state index contributed by atoms with van der Waals surface area (Å²) in [6.07, 6.45) is 1.85. The van der Waals surface area contributed by atoms with E-state index in [1.807, 2.05) is 72.9 Å². The Balaban J connectivity index is 1.40. The average Bonchev–Trinajstić information content (AvgIpc) is 3.01.